The van der Waals surface area contributed by atoms with Crippen molar-refractivity contribution in [2.45, 2.75) is 13.0 Å². The molecule has 0 unspecified atom stereocenters. The van der Waals surface area contributed by atoms with Crippen LogP contribution in [0, 0.1) is 0 Å². The quantitative estimate of drug-likeness (QED) is 0.740. The van der Waals surface area contributed by atoms with Crippen molar-refractivity contribution in [3.8, 4) is 0 Å². The van der Waals surface area contributed by atoms with Gasteiger partial charge in [0.2, 0.25) is 5.91 Å². The van der Waals surface area contributed by atoms with Crippen LogP contribution >= 0.6 is 0 Å². The van der Waals surface area contributed by atoms with Crippen LogP contribution in [0.1, 0.15) is 17.5 Å². The fraction of sp³-hybridized carbons (Fsp3) is 0.375. The van der Waals surface area contributed by atoms with Crippen LogP contribution in [0.4, 0.5) is 0 Å². The van der Waals surface area contributed by atoms with Crippen LogP contribution < -0.4 is 5.32 Å². The summed E-state index contributed by atoms with van der Waals surface area (Å²) in [5.74, 6) is 0.0770. The van der Waals surface area contributed by atoms with Crippen molar-refractivity contribution in [3.63, 3.8) is 0 Å². The lowest BCUT2D eigenvalue weighted by atomic mass is 10.1. The molecule has 1 N–H and O–H groups in total. The van der Waals surface area contributed by atoms with Crippen LogP contribution in [0.3, 0.4) is 0 Å². The Balaban J connectivity index is 1.17. The van der Waals surface area contributed by atoms with Crippen molar-refractivity contribution in [1.29, 1.82) is 0 Å². The molecule has 2 aromatic rings. The summed E-state index contributed by atoms with van der Waals surface area (Å²) in [5, 5.41) is 9.11. The molecular weight excluding hydrogens is 390 g/mol. The molecule has 7 nitrogen and oxygen atoms in total. The van der Waals surface area contributed by atoms with E-state index in [-0.39, 0.29) is 11.8 Å². The van der Waals surface area contributed by atoms with Crippen molar-refractivity contribution >= 4 is 17.5 Å². The van der Waals surface area contributed by atoms with Crippen LogP contribution in [0.5, 0.6) is 0 Å². The summed E-state index contributed by atoms with van der Waals surface area (Å²) >= 11 is 0. The number of nitrogens with one attached hydrogen (secondary N) is 1. The molecule has 0 aliphatic carbocycles. The Bertz CT molecular complexity index is 908. The second-order valence-corrected chi connectivity index (χ2v) is 7.99. The van der Waals surface area contributed by atoms with Gasteiger partial charge < -0.3 is 5.32 Å². The Morgan fingerprint density at radius 3 is 2.10 bits per heavy atom. The zero-order valence-electron chi connectivity index (χ0n) is 17.7. The van der Waals surface area contributed by atoms with Crippen LogP contribution in [0.25, 0.3) is 0 Å². The van der Waals surface area contributed by atoms with E-state index in [1.165, 1.54) is 0 Å². The molecule has 2 amide bonds. The number of hydrogen-bond acceptors (Lipinski definition) is 5. The fourth-order valence-corrected chi connectivity index (χ4v) is 3.90. The number of piperazine rings is 1. The molecule has 0 radical (unpaired) electrons. The lowest BCUT2D eigenvalue weighted by Crippen LogP contribution is -2.51. The average Bonchev–Trinajstić information content (AvgIpc) is 3.31. The van der Waals surface area contributed by atoms with Gasteiger partial charge in [-0.1, -0.05) is 60.7 Å². The molecule has 2 aromatic carbocycles. The first-order chi connectivity index (χ1) is 15.2. The monoisotopic (exact) mass is 419 g/mol. The summed E-state index contributed by atoms with van der Waals surface area (Å²) in [7, 11) is 0. The third-order valence-corrected chi connectivity index (χ3v) is 5.72. The van der Waals surface area contributed by atoms with Gasteiger partial charge in [0.15, 0.2) is 0 Å². The maximum Gasteiger partial charge on any atom is 0.256 e. The van der Waals surface area contributed by atoms with Crippen molar-refractivity contribution in [2.24, 2.45) is 5.10 Å². The maximum absolute atomic E-state index is 12.7. The van der Waals surface area contributed by atoms with E-state index in [1.807, 2.05) is 60.7 Å². The van der Waals surface area contributed by atoms with E-state index in [9.17, 15) is 9.59 Å². The van der Waals surface area contributed by atoms with Gasteiger partial charge >= 0.3 is 0 Å². The second kappa shape index (κ2) is 10.3. The topological polar surface area (TPSA) is 68.2 Å². The zero-order chi connectivity index (χ0) is 21.5. The first-order valence-corrected chi connectivity index (χ1v) is 10.9. The van der Waals surface area contributed by atoms with Crippen molar-refractivity contribution in [2.75, 3.05) is 45.8 Å². The lowest BCUT2D eigenvalue weighted by molar-refractivity contribution is -0.132. The Kier molecular flexibility index (Phi) is 7.07. The number of hydrogen-bond donors (Lipinski definition) is 1. The third-order valence-electron chi connectivity index (χ3n) is 5.72. The van der Waals surface area contributed by atoms with Gasteiger partial charge in [0.05, 0.1) is 25.3 Å². The molecule has 0 aromatic heterocycles. The highest BCUT2D eigenvalue weighted by atomic mass is 16.2. The number of carbonyl (C=O) groups is 2. The molecule has 1 fully saturated rings. The van der Waals surface area contributed by atoms with Crippen molar-refractivity contribution in [1.82, 2.24) is 20.1 Å². The molecule has 4 rings (SSSR count). The van der Waals surface area contributed by atoms with Crippen LogP contribution in [-0.2, 0) is 16.1 Å². The molecular formula is C24H29N5O2. The Morgan fingerprint density at radius 2 is 1.42 bits per heavy atom. The Morgan fingerprint density at radius 1 is 0.806 bits per heavy atom. The van der Waals surface area contributed by atoms with Gasteiger partial charge in [-0.25, -0.2) is 5.01 Å². The van der Waals surface area contributed by atoms with Crippen molar-refractivity contribution < 1.29 is 9.59 Å². The third kappa shape index (κ3) is 5.99. The number of amides is 2. The lowest BCUT2D eigenvalue weighted by Gasteiger charge is -2.34. The Labute approximate surface area is 183 Å². The molecule has 31 heavy (non-hydrogen) atoms. The van der Waals surface area contributed by atoms with Crippen LogP contribution in [0.2, 0.25) is 0 Å². The van der Waals surface area contributed by atoms with E-state index in [2.05, 4.69) is 20.2 Å². The molecule has 2 aliphatic rings. The van der Waals surface area contributed by atoms with E-state index in [1.54, 1.807) is 5.01 Å². The van der Waals surface area contributed by atoms with E-state index in [0.29, 0.717) is 26.2 Å². The second-order valence-electron chi connectivity index (χ2n) is 7.99. The Hall–Kier alpha value is -3.03. The predicted molar refractivity (Wildman–Crippen MR) is 120 cm³/mol. The summed E-state index contributed by atoms with van der Waals surface area (Å²) in [6, 6.07) is 19.9. The van der Waals surface area contributed by atoms with Crippen LogP contribution in [-0.4, -0.2) is 78.1 Å². The number of carbonyl (C=O) groups excluding carboxylic acids is 2. The van der Waals surface area contributed by atoms with Gasteiger partial charge in [-0.3, -0.25) is 19.4 Å². The highest BCUT2D eigenvalue weighted by Crippen LogP contribution is 2.14. The van der Waals surface area contributed by atoms with E-state index < -0.39 is 0 Å². The summed E-state index contributed by atoms with van der Waals surface area (Å²) in [4.78, 5) is 29.2. The first-order valence-electron chi connectivity index (χ1n) is 10.9. The largest absolute Gasteiger partial charge is 0.351 e. The first kappa shape index (κ1) is 21.2. The minimum atomic E-state index is 0.0354. The SMILES string of the molecule is O=C(CN1CCN(CC(=O)N2CCC(c3ccccc3)=N2)CC1)NCc1ccccc1. The molecule has 0 atom stereocenters. The average molecular weight is 420 g/mol. The highest BCUT2D eigenvalue weighted by Gasteiger charge is 2.25. The normalized spacial score (nSPS) is 17.4. The summed E-state index contributed by atoms with van der Waals surface area (Å²) < 4.78 is 0. The number of rotatable bonds is 7. The van der Waals surface area contributed by atoms with E-state index >= 15 is 0 Å². The molecule has 0 spiro atoms. The number of hydrazone groups is 1. The molecule has 7 heteroatoms. The predicted octanol–water partition coefficient (Wildman–Crippen LogP) is 1.56. The van der Waals surface area contributed by atoms with Crippen LogP contribution in [0.15, 0.2) is 65.8 Å². The zero-order valence-corrected chi connectivity index (χ0v) is 17.7. The summed E-state index contributed by atoms with van der Waals surface area (Å²) in [6.45, 7) is 5.09. The van der Waals surface area contributed by atoms with Gasteiger partial charge in [0.1, 0.15) is 0 Å². The van der Waals surface area contributed by atoms with Gasteiger partial charge in [-0.15, -0.1) is 0 Å². The molecule has 0 saturated carbocycles. The van der Waals surface area contributed by atoms with Gasteiger partial charge in [0, 0.05) is 39.1 Å². The minimum Gasteiger partial charge on any atom is -0.351 e. The summed E-state index contributed by atoms with van der Waals surface area (Å²) in [6.07, 6.45) is 0.793. The molecule has 2 heterocycles. The van der Waals surface area contributed by atoms with Crippen molar-refractivity contribution in [3.05, 3.63) is 71.8 Å². The molecule has 162 valence electrons. The summed E-state index contributed by atoms with van der Waals surface area (Å²) in [5.41, 5.74) is 3.15. The number of nitrogens with zero attached hydrogens (tertiary/aromatic N) is 4. The minimum absolute atomic E-state index is 0.0354. The standard InChI is InChI=1S/C24H29N5O2/c30-23(25-17-20-7-3-1-4-8-20)18-27-13-15-28(16-14-27)19-24(31)29-12-11-22(26-29)21-9-5-2-6-10-21/h1-10H,11-19H2,(H,25,30). The molecule has 0 bridgehead atoms. The van der Waals surface area contributed by atoms with Gasteiger partial charge in [-0.2, -0.15) is 5.10 Å². The molecule has 1 saturated heterocycles. The van der Waals surface area contributed by atoms with E-state index in [4.69, 9.17) is 0 Å². The molecule has 2 aliphatic heterocycles. The van der Waals surface area contributed by atoms with Gasteiger partial charge in [-0.05, 0) is 11.1 Å². The smallest absolute Gasteiger partial charge is 0.256 e. The van der Waals surface area contributed by atoms with E-state index in [0.717, 1.165) is 49.4 Å². The fourth-order valence-electron chi connectivity index (χ4n) is 3.90. The maximum atomic E-state index is 12.7. The highest BCUT2D eigenvalue weighted by molar-refractivity contribution is 6.02. The van der Waals surface area contributed by atoms with Gasteiger partial charge in [0.25, 0.3) is 5.91 Å². The number of benzene rings is 2.